The number of aliphatic hydroxyl groups excluding tert-OH is 1. The molecule has 5 nitrogen and oxygen atoms in total. The van der Waals surface area contributed by atoms with Gasteiger partial charge in [0.05, 0.1) is 18.8 Å². The molecule has 0 fully saturated rings. The second kappa shape index (κ2) is 8.20. The molecule has 5 heteroatoms. The number of hydrogen-bond donors (Lipinski definition) is 3. The maximum atomic E-state index is 11.6. The summed E-state index contributed by atoms with van der Waals surface area (Å²) in [7, 11) is 0. The molecule has 0 radical (unpaired) electrons. The third-order valence-electron chi connectivity index (χ3n) is 3.44. The van der Waals surface area contributed by atoms with E-state index in [4.69, 9.17) is 9.84 Å². The number of nitrogens with one attached hydrogen (secondary N) is 2. The van der Waals surface area contributed by atoms with Gasteiger partial charge in [0.1, 0.15) is 5.75 Å². The molecule has 0 aliphatic heterocycles. The van der Waals surface area contributed by atoms with Crippen LogP contribution in [-0.2, 0) is 5.41 Å². The summed E-state index contributed by atoms with van der Waals surface area (Å²) in [5.74, 6) is 0.837. The lowest BCUT2D eigenvalue weighted by molar-refractivity contribution is 0.181. The Kier molecular flexibility index (Phi) is 6.88. The molecule has 0 heterocycles. The lowest BCUT2D eigenvalue weighted by Crippen LogP contribution is -2.50. The van der Waals surface area contributed by atoms with Gasteiger partial charge in [0.25, 0.3) is 0 Å². The van der Waals surface area contributed by atoms with E-state index in [1.54, 1.807) is 13.8 Å². The zero-order valence-corrected chi connectivity index (χ0v) is 14.9. The van der Waals surface area contributed by atoms with Crippen molar-refractivity contribution in [1.29, 1.82) is 0 Å². The molecule has 0 aliphatic rings. The molecule has 0 saturated heterocycles. The highest BCUT2D eigenvalue weighted by Crippen LogP contribution is 2.24. The summed E-state index contributed by atoms with van der Waals surface area (Å²) in [6.07, 6.45) is 0.716. The Morgan fingerprint density at radius 3 is 2.26 bits per heavy atom. The van der Waals surface area contributed by atoms with E-state index in [0.29, 0.717) is 19.6 Å². The minimum absolute atomic E-state index is 0.103. The number of urea groups is 1. The second-order valence-corrected chi connectivity index (χ2v) is 7.40. The van der Waals surface area contributed by atoms with Crippen LogP contribution in [-0.4, -0.2) is 36.4 Å². The van der Waals surface area contributed by atoms with Crippen molar-refractivity contribution in [3.63, 3.8) is 0 Å². The van der Waals surface area contributed by atoms with Crippen molar-refractivity contribution in [2.24, 2.45) is 0 Å². The minimum Gasteiger partial charge on any atom is -0.494 e. The molecule has 0 unspecified atom stereocenters. The quantitative estimate of drug-likeness (QED) is 0.676. The number of hydrogen-bond acceptors (Lipinski definition) is 3. The molecule has 0 atom stereocenters. The molecule has 130 valence electrons. The molecule has 1 aromatic rings. The van der Waals surface area contributed by atoms with E-state index in [0.717, 1.165) is 5.75 Å². The van der Waals surface area contributed by atoms with Crippen LogP contribution in [0.5, 0.6) is 5.75 Å². The Balaban J connectivity index is 2.24. The van der Waals surface area contributed by atoms with Crippen LogP contribution < -0.4 is 15.4 Å². The van der Waals surface area contributed by atoms with Gasteiger partial charge in [-0.2, -0.15) is 0 Å². The van der Waals surface area contributed by atoms with Crippen LogP contribution in [0.4, 0.5) is 4.79 Å². The maximum Gasteiger partial charge on any atom is 0.315 e. The van der Waals surface area contributed by atoms with Crippen molar-refractivity contribution in [3.05, 3.63) is 29.8 Å². The van der Waals surface area contributed by atoms with E-state index >= 15 is 0 Å². The van der Waals surface area contributed by atoms with Crippen molar-refractivity contribution >= 4 is 6.03 Å². The van der Waals surface area contributed by atoms with Gasteiger partial charge in [-0.3, -0.25) is 0 Å². The molecule has 1 rings (SSSR count). The van der Waals surface area contributed by atoms with Gasteiger partial charge in [-0.1, -0.05) is 32.9 Å². The summed E-state index contributed by atoms with van der Waals surface area (Å²) >= 11 is 0. The Morgan fingerprint density at radius 2 is 1.74 bits per heavy atom. The summed E-state index contributed by atoms with van der Waals surface area (Å²) in [5.41, 5.74) is 0.794. The fraction of sp³-hybridized carbons (Fsp3) is 0.611. The standard InChI is InChI=1S/C18H30N2O3/c1-17(2,3)14-7-9-15(10-8-14)23-12-6-11-19-16(22)20-18(4,5)13-21/h7-10,21H,6,11-13H2,1-5H3,(H2,19,20,22). The van der Waals surface area contributed by atoms with Gasteiger partial charge in [-0.05, 0) is 43.4 Å². The van der Waals surface area contributed by atoms with E-state index < -0.39 is 5.54 Å². The second-order valence-electron chi connectivity index (χ2n) is 7.40. The molecular weight excluding hydrogens is 292 g/mol. The van der Waals surface area contributed by atoms with Crippen molar-refractivity contribution in [3.8, 4) is 5.75 Å². The molecule has 2 amide bonds. The molecular formula is C18H30N2O3. The lowest BCUT2D eigenvalue weighted by atomic mass is 9.87. The van der Waals surface area contributed by atoms with Gasteiger partial charge < -0.3 is 20.5 Å². The van der Waals surface area contributed by atoms with E-state index in [2.05, 4.69) is 43.5 Å². The normalized spacial score (nSPS) is 11.9. The first-order valence-corrected chi connectivity index (χ1v) is 8.04. The number of aliphatic hydroxyl groups is 1. The molecule has 3 N–H and O–H groups in total. The predicted molar refractivity (Wildman–Crippen MR) is 93.0 cm³/mol. The van der Waals surface area contributed by atoms with Crippen LogP contribution in [0.15, 0.2) is 24.3 Å². The van der Waals surface area contributed by atoms with Crippen LogP contribution in [0.3, 0.4) is 0 Å². The number of rotatable bonds is 7. The van der Waals surface area contributed by atoms with Crippen LogP contribution in [0.25, 0.3) is 0 Å². The van der Waals surface area contributed by atoms with Gasteiger partial charge in [-0.25, -0.2) is 4.79 Å². The Bertz CT molecular complexity index is 490. The summed E-state index contributed by atoms with van der Waals surface area (Å²) < 4.78 is 5.67. The van der Waals surface area contributed by atoms with Crippen LogP contribution >= 0.6 is 0 Å². The first-order chi connectivity index (χ1) is 10.6. The van der Waals surface area contributed by atoms with Gasteiger partial charge in [0.2, 0.25) is 0 Å². The number of carbonyl (C=O) groups excluding carboxylic acids is 1. The topological polar surface area (TPSA) is 70.6 Å². The fourth-order valence-corrected chi connectivity index (χ4v) is 1.91. The zero-order valence-electron chi connectivity index (χ0n) is 14.9. The Labute approximate surface area is 139 Å². The molecule has 0 bridgehead atoms. The Morgan fingerprint density at radius 1 is 1.13 bits per heavy atom. The minimum atomic E-state index is -0.616. The van der Waals surface area contributed by atoms with E-state index in [1.165, 1.54) is 5.56 Å². The van der Waals surface area contributed by atoms with E-state index in [9.17, 15) is 4.79 Å². The first-order valence-electron chi connectivity index (χ1n) is 8.04. The van der Waals surface area contributed by atoms with Crippen molar-refractivity contribution in [2.75, 3.05) is 19.8 Å². The number of amides is 2. The van der Waals surface area contributed by atoms with Crippen LogP contribution in [0, 0.1) is 0 Å². The highest BCUT2D eigenvalue weighted by molar-refractivity contribution is 5.74. The zero-order chi connectivity index (χ0) is 17.5. The smallest absolute Gasteiger partial charge is 0.315 e. The average molecular weight is 322 g/mol. The monoisotopic (exact) mass is 322 g/mol. The van der Waals surface area contributed by atoms with Crippen molar-refractivity contribution in [1.82, 2.24) is 10.6 Å². The highest BCUT2D eigenvalue weighted by Gasteiger charge is 2.18. The maximum absolute atomic E-state index is 11.6. The van der Waals surface area contributed by atoms with Gasteiger partial charge in [0, 0.05) is 6.54 Å². The van der Waals surface area contributed by atoms with Gasteiger partial charge in [-0.15, -0.1) is 0 Å². The van der Waals surface area contributed by atoms with Crippen molar-refractivity contribution in [2.45, 2.75) is 52.0 Å². The first kappa shape index (κ1) is 19.3. The summed E-state index contributed by atoms with van der Waals surface area (Å²) in [6, 6.07) is 7.84. The largest absolute Gasteiger partial charge is 0.494 e. The molecule has 1 aromatic carbocycles. The number of carbonyl (C=O) groups is 1. The van der Waals surface area contributed by atoms with E-state index in [-0.39, 0.29) is 18.1 Å². The highest BCUT2D eigenvalue weighted by atomic mass is 16.5. The van der Waals surface area contributed by atoms with Crippen LogP contribution in [0.2, 0.25) is 0 Å². The average Bonchev–Trinajstić information content (AvgIpc) is 2.46. The van der Waals surface area contributed by atoms with E-state index in [1.807, 2.05) is 12.1 Å². The van der Waals surface area contributed by atoms with Gasteiger partial charge >= 0.3 is 6.03 Å². The molecule has 0 saturated carbocycles. The Hall–Kier alpha value is -1.75. The third-order valence-corrected chi connectivity index (χ3v) is 3.44. The van der Waals surface area contributed by atoms with Crippen LogP contribution in [0.1, 0.15) is 46.6 Å². The number of benzene rings is 1. The molecule has 0 aromatic heterocycles. The SMILES string of the molecule is CC(C)(CO)NC(=O)NCCCOc1ccc(C(C)(C)C)cc1. The predicted octanol–water partition coefficient (Wildman–Crippen LogP) is 2.82. The third kappa shape index (κ3) is 7.37. The fourth-order valence-electron chi connectivity index (χ4n) is 1.91. The number of ether oxygens (including phenoxy) is 1. The summed E-state index contributed by atoms with van der Waals surface area (Å²) in [4.78, 5) is 11.6. The lowest BCUT2D eigenvalue weighted by Gasteiger charge is -2.23. The van der Waals surface area contributed by atoms with Gasteiger partial charge in [0.15, 0.2) is 0 Å². The summed E-state index contributed by atoms with van der Waals surface area (Å²) in [5, 5.41) is 14.5. The van der Waals surface area contributed by atoms with Crippen molar-refractivity contribution < 1.29 is 14.6 Å². The summed E-state index contributed by atoms with van der Waals surface area (Å²) in [6.45, 7) is 11.0. The molecule has 23 heavy (non-hydrogen) atoms. The molecule has 0 aliphatic carbocycles. The molecule has 0 spiro atoms.